The first-order chi connectivity index (χ1) is 12.6. The van der Waals surface area contributed by atoms with Crippen molar-refractivity contribution in [3.63, 3.8) is 0 Å². The van der Waals surface area contributed by atoms with Crippen LogP contribution in [0.4, 0.5) is 4.39 Å². The van der Waals surface area contributed by atoms with Crippen molar-refractivity contribution >= 4 is 17.8 Å². The minimum Gasteiger partial charge on any atom is -0.494 e. The van der Waals surface area contributed by atoms with Crippen LogP contribution in [0.1, 0.15) is 35.3 Å². The summed E-state index contributed by atoms with van der Waals surface area (Å²) in [6.45, 7) is 2.46. The minimum atomic E-state index is -0.672. The van der Waals surface area contributed by atoms with Crippen molar-refractivity contribution in [3.05, 3.63) is 65.5 Å². The molecule has 1 atom stereocenters. The lowest BCUT2D eigenvalue weighted by Gasteiger charge is -2.21. The van der Waals surface area contributed by atoms with Crippen LogP contribution in [0.5, 0.6) is 5.75 Å². The zero-order chi connectivity index (χ0) is 18.5. The minimum absolute atomic E-state index is 0.00777. The number of carbonyl (C=O) groups excluding carboxylic acids is 2. The molecule has 0 spiro atoms. The largest absolute Gasteiger partial charge is 0.494 e. The number of hydrogen-bond acceptors (Lipinski definition) is 4. The monoisotopic (exact) mass is 355 g/mol. The molecule has 0 saturated carbocycles. The molecule has 1 aliphatic rings. The number of nitrogens with one attached hydrogen (secondary N) is 2. The smallest absolute Gasteiger partial charge is 0.260 e. The van der Waals surface area contributed by atoms with Crippen LogP contribution in [-0.4, -0.2) is 24.4 Å². The second kappa shape index (κ2) is 7.77. The molecule has 0 saturated heterocycles. The average Bonchev–Trinajstić information content (AvgIpc) is 2.62. The molecule has 0 aliphatic carbocycles. The van der Waals surface area contributed by atoms with Gasteiger partial charge in [-0.3, -0.25) is 20.2 Å². The lowest BCUT2D eigenvalue weighted by molar-refractivity contribution is -0.120. The molecule has 1 heterocycles. The Bertz CT molecular complexity index is 849. The fraction of sp³-hybridized carbons (Fsp3) is 0.211. The molecule has 0 unspecified atom stereocenters. The van der Waals surface area contributed by atoms with E-state index in [0.29, 0.717) is 6.61 Å². The summed E-state index contributed by atoms with van der Waals surface area (Å²) in [5.74, 6) is -0.852. The first-order valence-electron chi connectivity index (χ1n) is 8.23. The van der Waals surface area contributed by atoms with Crippen LogP contribution in [0.2, 0.25) is 0 Å². The van der Waals surface area contributed by atoms with Gasteiger partial charge in [0.15, 0.2) is 0 Å². The van der Waals surface area contributed by atoms with Gasteiger partial charge in [0, 0.05) is 0 Å². The van der Waals surface area contributed by atoms with Gasteiger partial charge in [-0.25, -0.2) is 9.38 Å². The molecule has 2 aromatic carbocycles. The molecule has 26 heavy (non-hydrogen) atoms. The van der Waals surface area contributed by atoms with Crippen molar-refractivity contribution in [2.24, 2.45) is 4.99 Å². The van der Waals surface area contributed by atoms with Gasteiger partial charge in [0.1, 0.15) is 11.6 Å². The standard InChI is InChI=1S/C19H18FN3O3/c1-2-26-13-9-7-12(8-10-13)16-11-17(24)22-19(21-16)23-18(25)14-5-3-4-6-15(14)20/h3-10,16H,2,11H2,1H3,(H2,21,22,23,24,25)/t16-/m1/s1. The molecule has 0 radical (unpaired) electrons. The molecule has 2 N–H and O–H groups in total. The lowest BCUT2D eigenvalue weighted by atomic mass is 10.0. The van der Waals surface area contributed by atoms with Crippen LogP contribution in [0.25, 0.3) is 0 Å². The first-order valence-corrected chi connectivity index (χ1v) is 8.23. The Kier molecular flexibility index (Phi) is 5.26. The van der Waals surface area contributed by atoms with Crippen molar-refractivity contribution in [3.8, 4) is 5.75 Å². The number of aliphatic imine (C=N–C) groups is 1. The first kappa shape index (κ1) is 17.6. The number of hydrogen-bond donors (Lipinski definition) is 2. The predicted molar refractivity (Wildman–Crippen MR) is 94.4 cm³/mol. The van der Waals surface area contributed by atoms with Gasteiger partial charge in [-0.05, 0) is 36.8 Å². The zero-order valence-corrected chi connectivity index (χ0v) is 14.2. The Balaban J connectivity index is 1.78. The summed E-state index contributed by atoms with van der Waals surface area (Å²) in [6.07, 6.45) is 0.160. The number of guanidine groups is 1. The van der Waals surface area contributed by atoms with Crippen LogP contribution >= 0.6 is 0 Å². The van der Waals surface area contributed by atoms with Crippen LogP contribution in [0.15, 0.2) is 53.5 Å². The molecular weight excluding hydrogens is 337 g/mol. The Hall–Kier alpha value is -3.22. The normalized spacial score (nSPS) is 16.5. The third-order valence-electron chi connectivity index (χ3n) is 3.85. The molecule has 134 valence electrons. The summed E-state index contributed by atoms with van der Waals surface area (Å²) in [6, 6.07) is 12.4. The average molecular weight is 355 g/mol. The molecule has 7 heteroatoms. The van der Waals surface area contributed by atoms with Gasteiger partial charge in [0.2, 0.25) is 11.9 Å². The number of halogens is 1. The summed E-state index contributed by atoms with van der Waals surface area (Å²) >= 11 is 0. The van der Waals surface area contributed by atoms with Gasteiger partial charge in [-0.1, -0.05) is 24.3 Å². The maximum absolute atomic E-state index is 13.7. The topological polar surface area (TPSA) is 79.8 Å². The van der Waals surface area contributed by atoms with Crippen molar-refractivity contribution in [2.45, 2.75) is 19.4 Å². The highest BCUT2D eigenvalue weighted by atomic mass is 19.1. The van der Waals surface area contributed by atoms with Gasteiger partial charge < -0.3 is 4.74 Å². The summed E-state index contributed by atoms with van der Waals surface area (Å²) in [5.41, 5.74) is 0.702. The van der Waals surface area contributed by atoms with E-state index in [0.717, 1.165) is 11.3 Å². The van der Waals surface area contributed by atoms with Crippen molar-refractivity contribution in [1.29, 1.82) is 0 Å². The van der Waals surface area contributed by atoms with E-state index >= 15 is 0 Å². The number of nitrogens with zero attached hydrogens (tertiary/aromatic N) is 1. The second-order valence-corrected chi connectivity index (χ2v) is 5.68. The molecule has 2 amide bonds. The number of benzene rings is 2. The highest BCUT2D eigenvalue weighted by Crippen LogP contribution is 2.25. The van der Waals surface area contributed by atoms with Crippen LogP contribution in [0, 0.1) is 5.82 Å². The number of amides is 2. The fourth-order valence-corrected chi connectivity index (χ4v) is 2.62. The highest BCUT2D eigenvalue weighted by Gasteiger charge is 2.24. The Morgan fingerprint density at radius 2 is 2.00 bits per heavy atom. The van der Waals surface area contributed by atoms with Gasteiger partial charge in [0.25, 0.3) is 5.91 Å². The lowest BCUT2D eigenvalue weighted by Crippen LogP contribution is -2.47. The van der Waals surface area contributed by atoms with E-state index in [2.05, 4.69) is 15.6 Å². The van der Waals surface area contributed by atoms with E-state index in [-0.39, 0.29) is 23.9 Å². The van der Waals surface area contributed by atoms with Gasteiger partial charge in [-0.2, -0.15) is 0 Å². The summed E-state index contributed by atoms with van der Waals surface area (Å²) in [7, 11) is 0. The van der Waals surface area contributed by atoms with E-state index in [9.17, 15) is 14.0 Å². The van der Waals surface area contributed by atoms with Gasteiger partial charge >= 0.3 is 0 Å². The molecule has 2 aromatic rings. The summed E-state index contributed by atoms with van der Waals surface area (Å²) < 4.78 is 19.1. The number of ether oxygens (including phenoxy) is 1. The quantitative estimate of drug-likeness (QED) is 0.885. The third kappa shape index (κ3) is 4.05. The number of carbonyl (C=O) groups is 2. The fourth-order valence-electron chi connectivity index (χ4n) is 2.62. The predicted octanol–water partition coefficient (Wildman–Crippen LogP) is 2.57. The van der Waals surface area contributed by atoms with E-state index in [1.807, 2.05) is 19.1 Å². The molecule has 3 rings (SSSR count). The van der Waals surface area contributed by atoms with E-state index in [1.165, 1.54) is 18.2 Å². The molecule has 0 fully saturated rings. The SMILES string of the molecule is CCOc1ccc([C@H]2CC(=O)NC(NC(=O)c3ccccc3F)=N2)cc1. The second-order valence-electron chi connectivity index (χ2n) is 5.68. The van der Waals surface area contributed by atoms with E-state index < -0.39 is 17.8 Å². The Labute approximate surface area is 150 Å². The van der Waals surface area contributed by atoms with Crippen molar-refractivity contribution in [1.82, 2.24) is 10.6 Å². The maximum Gasteiger partial charge on any atom is 0.260 e. The Morgan fingerprint density at radius 1 is 1.27 bits per heavy atom. The van der Waals surface area contributed by atoms with Crippen LogP contribution in [-0.2, 0) is 4.79 Å². The maximum atomic E-state index is 13.7. The third-order valence-corrected chi connectivity index (χ3v) is 3.85. The summed E-state index contributed by atoms with van der Waals surface area (Å²) in [5, 5.41) is 4.95. The molecule has 6 nitrogen and oxygen atoms in total. The van der Waals surface area contributed by atoms with E-state index in [1.54, 1.807) is 18.2 Å². The van der Waals surface area contributed by atoms with Crippen molar-refractivity contribution < 1.29 is 18.7 Å². The molecule has 0 aromatic heterocycles. The van der Waals surface area contributed by atoms with Crippen molar-refractivity contribution in [2.75, 3.05) is 6.61 Å². The highest BCUT2D eigenvalue weighted by molar-refractivity contribution is 6.10. The van der Waals surface area contributed by atoms with Gasteiger partial charge in [-0.15, -0.1) is 0 Å². The Morgan fingerprint density at radius 3 is 2.69 bits per heavy atom. The molecular formula is C19H18FN3O3. The van der Waals surface area contributed by atoms with Crippen LogP contribution < -0.4 is 15.4 Å². The molecule has 1 aliphatic heterocycles. The van der Waals surface area contributed by atoms with E-state index in [4.69, 9.17) is 4.74 Å². The number of rotatable bonds is 4. The van der Waals surface area contributed by atoms with Gasteiger partial charge in [0.05, 0.1) is 24.6 Å². The molecule has 0 bridgehead atoms. The summed E-state index contributed by atoms with van der Waals surface area (Å²) in [4.78, 5) is 28.5. The zero-order valence-electron chi connectivity index (χ0n) is 14.2. The van der Waals surface area contributed by atoms with Crippen LogP contribution in [0.3, 0.4) is 0 Å².